The highest BCUT2D eigenvalue weighted by Gasteiger charge is 2.12. The van der Waals surface area contributed by atoms with E-state index in [9.17, 15) is 9.59 Å². The molecule has 0 fully saturated rings. The van der Waals surface area contributed by atoms with Crippen LogP contribution in [0.25, 0.3) is 0 Å². The van der Waals surface area contributed by atoms with Crippen molar-refractivity contribution in [3.8, 4) is 5.75 Å². The molecule has 0 amide bonds. The SMILES string of the molecule is CC(=O)c1cccc(O[C@H](C)C(=O)O)c1. The Kier molecular flexibility index (Phi) is 3.44. The fourth-order valence-corrected chi connectivity index (χ4v) is 1.04. The molecule has 1 atom stereocenters. The largest absolute Gasteiger partial charge is 0.479 e. The molecule has 0 saturated heterocycles. The van der Waals surface area contributed by atoms with Gasteiger partial charge in [0, 0.05) is 5.56 Å². The number of hydrogen-bond acceptors (Lipinski definition) is 3. The third-order valence-electron chi connectivity index (χ3n) is 1.90. The summed E-state index contributed by atoms with van der Waals surface area (Å²) >= 11 is 0. The predicted octanol–water partition coefficient (Wildman–Crippen LogP) is 1.74. The Morgan fingerprint density at radius 1 is 1.40 bits per heavy atom. The molecule has 0 aliphatic rings. The van der Waals surface area contributed by atoms with Crippen molar-refractivity contribution >= 4 is 11.8 Å². The van der Waals surface area contributed by atoms with Crippen molar-refractivity contribution in [1.82, 2.24) is 0 Å². The number of carboxylic acid groups (broad SMARTS) is 1. The highest BCUT2D eigenvalue weighted by Crippen LogP contribution is 2.15. The normalized spacial score (nSPS) is 11.9. The zero-order chi connectivity index (χ0) is 11.4. The van der Waals surface area contributed by atoms with Gasteiger partial charge in [-0.2, -0.15) is 0 Å². The Morgan fingerprint density at radius 3 is 2.60 bits per heavy atom. The first-order valence-corrected chi connectivity index (χ1v) is 4.51. The molecule has 0 radical (unpaired) electrons. The number of ketones is 1. The Morgan fingerprint density at radius 2 is 2.07 bits per heavy atom. The number of rotatable bonds is 4. The van der Waals surface area contributed by atoms with Crippen LogP contribution in [0.2, 0.25) is 0 Å². The van der Waals surface area contributed by atoms with E-state index in [4.69, 9.17) is 9.84 Å². The van der Waals surface area contributed by atoms with Crippen molar-refractivity contribution in [3.63, 3.8) is 0 Å². The number of benzene rings is 1. The van der Waals surface area contributed by atoms with Crippen LogP contribution in [-0.4, -0.2) is 23.0 Å². The quantitative estimate of drug-likeness (QED) is 0.765. The van der Waals surface area contributed by atoms with E-state index in [-0.39, 0.29) is 5.78 Å². The molecule has 0 bridgehead atoms. The van der Waals surface area contributed by atoms with Crippen molar-refractivity contribution in [3.05, 3.63) is 29.8 Å². The molecule has 1 N–H and O–H groups in total. The van der Waals surface area contributed by atoms with Crippen LogP contribution >= 0.6 is 0 Å². The number of hydrogen-bond donors (Lipinski definition) is 1. The molecule has 0 spiro atoms. The summed E-state index contributed by atoms with van der Waals surface area (Å²) < 4.78 is 5.11. The average molecular weight is 208 g/mol. The smallest absolute Gasteiger partial charge is 0.344 e. The summed E-state index contributed by atoms with van der Waals surface area (Å²) in [5, 5.41) is 8.63. The van der Waals surface area contributed by atoms with Gasteiger partial charge in [0.15, 0.2) is 11.9 Å². The third-order valence-corrected chi connectivity index (χ3v) is 1.90. The van der Waals surface area contributed by atoms with E-state index >= 15 is 0 Å². The molecule has 4 nitrogen and oxygen atoms in total. The van der Waals surface area contributed by atoms with Crippen LogP contribution in [0.1, 0.15) is 24.2 Å². The Bertz CT molecular complexity index is 384. The van der Waals surface area contributed by atoms with Gasteiger partial charge in [0.1, 0.15) is 5.75 Å². The zero-order valence-corrected chi connectivity index (χ0v) is 8.56. The first-order valence-electron chi connectivity index (χ1n) is 4.51. The van der Waals surface area contributed by atoms with Gasteiger partial charge in [0.2, 0.25) is 0 Å². The predicted molar refractivity (Wildman–Crippen MR) is 54.2 cm³/mol. The van der Waals surface area contributed by atoms with Crippen LogP contribution in [0.15, 0.2) is 24.3 Å². The van der Waals surface area contributed by atoms with Gasteiger partial charge >= 0.3 is 5.97 Å². The first kappa shape index (κ1) is 11.2. The van der Waals surface area contributed by atoms with Gasteiger partial charge in [-0.3, -0.25) is 4.79 Å². The van der Waals surface area contributed by atoms with E-state index in [1.165, 1.54) is 19.9 Å². The molecular weight excluding hydrogens is 196 g/mol. The second kappa shape index (κ2) is 4.59. The standard InChI is InChI=1S/C11H12O4/c1-7(12)9-4-3-5-10(6-9)15-8(2)11(13)14/h3-6,8H,1-2H3,(H,13,14)/t8-/m1/s1. The summed E-state index contributed by atoms with van der Waals surface area (Å²) in [4.78, 5) is 21.6. The molecule has 0 aliphatic heterocycles. The number of carboxylic acids is 1. The summed E-state index contributed by atoms with van der Waals surface area (Å²) in [7, 11) is 0. The lowest BCUT2D eigenvalue weighted by Crippen LogP contribution is -2.22. The van der Waals surface area contributed by atoms with Gasteiger partial charge in [-0.25, -0.2) is 4.79 Å². The van der Waals surface area contributed by atoms with E-state index in [0.29, 0.717) is 11.3 Å². The summed E-state index contributed by atoms with van der Waals surface area (Å²) in [6, 6.07) is 6.45. The molecule has 80 valence electrons. The maximum absolute atomic E-state index is 11.0. The number of carbonyl (C=O) groups is 2. The molecule has 0 saturated carbocycles. The third kappa shape index (κ3) is 3.09. The fourth-order valence-electron chi connectivity index (χ4n) is 1.04. The number of aliphatic carboxylic acids is 1. The van der Waals surface area contributed by atoms with Crippen LogP contribution in [0.5, 0.6) is 5.75 Å². The minimum Gasteiger partial charge on any atom is -0.479 e. The van der Waals surface area contributed by atoms with E-state index < -0.39 is 12.1 Å². The van der Waals surface area contributed by atoms with Crippen LogP contribution < -0.4 is 4.74 Å². The Labute approximate surface area is 87.5 Å². The van der Waals surface area contributed by atoms with Gasteiger partial charge in [-0.05, 0) is 26.0 Å². The summed E-state index contributed by atoms with van der Waals surface area (Å²) in [5.74, 6) is -0.732. The van der Waals surface area contributed by atoms with Gasteiger partial charge in [-0.1, -0.05) is 12.1 Å². The van der Waals surface area contributed by atoms with Crippen LogP contribution in [0, 0.1) is 0 Å². The first-order chi connectivity index (χ1) is 7.00. The monoisotopic (exact) mass is 208 g/mol. The number of Topliss-reactive ketones (excluding diaryl/α,β-unsaturated/α-hetero) is 1. The van der Waals surface area contributed by atoms with Gasteiger partial charge < -0.3 is 9.84 Å². The topological polar surface area (TPSA) is 63.6 Å². The molecule has 1 aromatic carbocycles. The van der Waals surface area contributed by atoms with Crippen LogP contribution in [0.3, 0.4) is 0 Å². The summed E-state index contributed by atoms with van der Waals surface area (Å²) in [6.45, 7) is 2.88. The van der Waals surface area contributed by atoms with E-state index in [2.05, 4.69) is 0 Å². The van der Waals surface area contributed by atoms with Gasteiger partial charge in [0.05, 0.1) is 0 Å². The second-order valence-corrected chi connectivity index (χ2v) is 3.18. The molecule has 0 unspecified atom stereocenters. The molecule has 15 heavy (non-hydrogen) atoms. The van der Waals surface area contributed by atoms with E-state index in [1.54, 1.807) is 18.2 Å². The maximum Gasteiger partial charge on any atom is 0.344 e. The van der Waals surface area contributed by atoms with Crippen molar-refractivity contribution in [2.75, 3.05) is 0 Å². The molecule has 0 heterocycles. The minimum atomic E-state index is -1.04. The summed E-state index contributed by atoms with van der Waals surface area (Å²) in [5.41, 5.74) is 0.505. The van der Waals surface area contributed by atoms with Crippen molar-refractivity contribution in [2.24, 2.45) is 0 Å². The highest BCUT2D eigenvalue weighted by molar-refractivity contribution is 5.94. The van der Waals surface area contributed by atoms with Crippen molar-refractivity contribution in [2.45, 2.75) is 20.0 Å². The maximum atomic E-state index is 11.0. The van der Waals surface area contributed by atoms with Crippen molar-refractivity contribution in [1.29, 1.82) is 0 Å². The molecule has 1 aromatic rings. The number of carbonyl (C=O) groups excluding carboxylic acids is 1. The van der Waals surface area contributed by atoms with Crippen LogP contribution in [0.4, 0.5) is 0 Å². The lowest BCUT2D eigenvalue weighted by atomic mass is 10.1. The van der Waals surface area contributed by atoms with Gasteiger partial charge in [-0.15, -0.1) is 0 Å². The van der Waals surface area contributed by atoms with Crippen LogP contribution in [-0.2, 0) is 4.79 Å². The number of ether oxygens (including phenoxy) is 1. The highest BCUT2D eigenvalue weighted by atomic mass is 16.5. The molecule has 1 rings (SSSR count). The van der Waals surface area contributed by atoms with Crippen molar-refractivity contribution < 1.29 is 19.4 Å². The Balaban J connectivity index is 2.82. The fraction of sp³-hybridized carbons (Fsp3) is 0.273. The van der Waals surface area contributed by atoms with E-state index in [1.807, 2.05) is 0 Å². The lowest BCUT2D eigenvalue weighted by molar-refractivity contribution is -0.144. The average Bonchev–Trinajstić information content (AvgIpc) is 2.18. The minimum absolute atomic E-state index is 0.0802. The second-order valence-electron chi connectivity index (χ2n) is 3.18. The zero-order valence-electron chi connectivity index (χ0n) is 8.56. The molecular formula is C11H12O4. The molecule has 0 aliphatic carbocycles. The summed E-state index contributed by atoms with van der Waals surface area (Å²) in [6.07, 6.45) is -0.924. The molecule has 0 aromatic heterocycles. The van der Waals surface area contributed by atoms with Gasteiger partial charge in [0.25, 0.3) is 0 Å². The van der Waals surface area contributed by atoms with E-state index in [0.717, 1.165) is 0 Å². The Hall–Kier alpha value is -1.84. The molecule has 4 heteroatoms. The lowest BCUT2D eigenvalue weighted by Gasteiger charge is -2.10.